The summed E-state index contributed by atoms with van der Waals surface area (Å²) >= 11 is -3.76. The van der Waals surface area contributed by atoms with E-state index < -0.39 is 21.1 Å². The van der Waals surface area contributed by atoms with E-state index >= 15 is 0 Å². The topological polar surface area (TPSA) is 66.3 Å². The van der Waals surface area contributed by atoms with Gasteiger partial charge in [-0.2, -0.15) is 0 Å². The van der Waals surface area contributed by atoms with Crippen LogP contribution in [0.15, 0.2) is 13.2 Å². The highest BCUT2D eigenvalue weighted by molar-refractivity contribution is 4.22. The van der Waals surface area contributed by atoms with Crippen molar-refractivity contribution in [1.29, 1.82) is 0 Å². The van der Waals surface area contributed by atoms with Crippen molar-refractivity contribution in [3.63, 3.8) is 0 Å². The van der Waals surface area contributed by atoms with E-state index in [1.54, 1.807) is 0 Å². The van der Waals surface area contributed by atoms with Gasteiger partial charge in [-0.15, -0.1) is 13.2 Å². The molecule has 0 aromatic heterocycles. The smallest absolute Gasteiger partial charge is 0.396 e. The largest absolute Gasteiger partial charge is 0.503 e. The maximum atomic E-state index is 8.68. The molecule has 0 fully saturated rings. The number of hydrogen-bond acceptors (Lipinski definition) is 3. The summed E-state index contributed by atoms with van der Waals surface area (Å²) in [7, 11) is 0. The second kappa shape index (κ2) is 9.02. The second-order valence-corrected chi connectivity index (χ2v) is 1.35. The van der Waals surface area contributed by atoms with Crippen LogP contribution < -0.4 is 27.9 Å². The van der Waals surface area contributed by atoms with Gasteiger partial charge >= 0.3 is 21.1 Å². The van der Waals surface area contributed by atoms with Crippen molar-refractivity contribution in [3.05, 3.63) is 13.2 Å². The lowest BCUT2D eigenvalue weighted by Gasteiger charge is -1.67. The molecule has 0 atom stereocenters. The first-order valence-corrected chi connectivity index (χ1v) is 3.70. The van der Waals surface area contributed by atoms with Crippen LogP contribution in [0.25, 0.3) is 0 Å². The van der Waals surface area contributed by atoms with Crippen LogP contribution in [0.2, 0.25) is 0 Å². The molecule has 0 aliphatic rings. The van der Waals surface area contributed by atoms with Crippen LogP contribution in [0.5, 0.6) is 0 Å². The van der Waals surface area contributed by atoms with E-state index in [1.807, 2.05) is 0 Å². The number of hydrogen-bond donors (Lipinski definition) is 1. The van der Waals surface area contributed by atoms with Crippen LogP contribution in [0.1, 0.15) is 0 Å². The highest BCUT2D eigenvalue weighted by atomic mass is 127. The molecule has 0 saturated heterocycles. The van der Waals surface area contributed by atoms with Gasteiger partial charge in [-0.1, -0.05) is 0 Å². The molecule has 0 aromatic rings. The molecule has 0 aromatic carbocycles. The lowest BCUT2D eigenvalue weighted by molar-refractivity contribution is -1.63. The Kier molecular flexibility index (Phi) is 14.4. The Morgan fingerprint density at radius 2 is 1.33 bits per heavy atom. The molecule has 4 heteroatoms. The third-order valence-corrected chi connectivity index (χ3v) is 0. The van der Waals surface area contributed by atoms with Crippen molar-refractivity contribution in [2.24, 2.45) is 0 Å². The average Bonchev–Trinajstić information content (AvgIpc) is 1.41. The van der Waals surface area contributed by atoms with E-state index in [1.165, 1.54) is 0 Å². The Labute approximate surface area is 45.0 Å². The van der Waals surface area contributed by atoms with Crippen molar-refractivity contribution >= 4 is 0 Å². The Bertz CT molecular complexity index is 20.0. The van der Waals surface area contributed by atoms with E-state index in [9.17, 15) is 0 Å². The quantitative estimate of drug-likeness (QED) is 0.317. The molecule has 0 spiro atoms. The molecule has 0 radical (unpaired) electrons. The van der Waals surface area contributed by atoms with Gasteiger partial charge < -0.3 is 6.87 Å². The highest BCUT2D eigenvalue weighted by Crippen LogP contribution is 0.862. The molecule has 0 aliphatic carbocycles. The third kappa shape index (κ3) is 399. The van der Waals surface area contributed by atoms with E-state index in [-0.39, 0.29) is 0 Å². The maximum absolute atomic E-state index is 8.68. The molecule has 1 N–H and O–H groups in total. The van der Waals surface area contributed by atoms with Crippen molar-refractivity contribution in [3.8, 4) is 0 Å². The van der Waals surface area contributed by atoms with Crippen LogP contribution in [0, 0.1) is 0 Å². The average molecular weight is 204 g/mol. The van der Waals surface area contributed by atoms with Gasteiger partial charge in [0.15, 0.2) is 0 Å². The van der Waals surface area contributed by atoms with Crippen LogP contribution in [-0.2, 0) is 0 Å². The molecule has 0 bridgehead atoms. The lowest BCUT2D eigenvalue weighted by atomic mass is 11.3. The molecule has 3 nitrogen and oxygen atoms in total. The van der Waals surface area contributed by atoms with E-state index in [0.29, 0.717) is 0 Å². The molecule has 6 heavy (non-hydrogen) atoms. The monoisotopic (exact) mass is 204 g/mol. The van der Waals surface area contributed by atoms with Gasteiger partial charge in [0.2, 0.25) is 0 Å². The minimum Gasteiger partial charge on any atom is -0.396 e. The predicted octanol–water partition coefficient (Wildman–Crippen LogP) is -5.13. The number of halogens is 1. The minimum atomic E-state index is -3.76. The van der Waals surface area contributed by atoms with Crippen molar-refractivity contribution in [1.82, 2.24) is 0 Å². The molecular weight excluding hydrogens is 199 g/mol. The molecule has 0 rings (SSSR count). The van der Waals surface area contributed by atoms with Gasteiger partial charge in [-0.05, 0) is 3.44 Å². The Morgan fingerprint density at radius 1 is 1.33 bits per heavy atom. The molecule has 38 valence electrons. The highest BCUT2D eigenvalue weighted by Gasteiger charge is 1.89. The van der Waals surface area contributed by atoms with Crippen molar-refractivity contribution in [2.45, 2.75) is 0 Å². The van der Waals surface area contributed by atoms with Crippen LogP contribution >= 0.6 is 0 Å². The van der Waals surface area contributed by atoms with Gasteiger partial charge in [0, 0.05) is 0 Å². The Morgan fingerprint density at radius 3 is 1.33 bits per heavy atom. The molecular formula is C2H5IO3. The fourth-order valence-electron chi connectivity index (χ4n) is 0. The summed E-state index contributed by atoms with van der Waals surface area (Å²) in [6, 6.07) is 0. The zero-order valence-electron chi connectivity index (χ0n) is 3.06. The number of rotatable bonds is 0. The molecule has 0 heterocycles. The molecule has 0 amide bonds. The summed E-state index contributed by atoms with van der Waals surface area (Å²) in [5, 5.41) is 0. The molecule has 0 saturated carbocycles. The first kappa shape index (κ1) is 9.61. The van der Waals surface area contributed by atoms with E-state index in [2.05, 4.69) is 13.2 Å². The van der Waals surface area contributed by atoms with Gasteiger partial charge in [0.25, 0.3) is 0 Å². The Hall–Kier alpha value is 0.350. The first-order valence-electron chi connectivity index (χ1n) is 0.978. The minimum absolute atomic E-state index is 3.00. The summed E-state index contributed by atoms with van der Waals surface area (Å²) in [4.78, 5) is 0. The van der Waals surface area contributed by atoms with Gasteiger partial charge in [0.05, 0.1) is 0 Å². The SMILES string of the molecule is C=C.[O-][I+2]([O-])O. The standard InChI is InChI=1S/C2H4.HIO3/c1-2;2-1(3)4/h1-2H2;2H. The Balaban J connectivity index is 0. The van der Waals surface area contributed by atoms with E-state index in [4.69, 9.17) is 10.3 Å². The third-order valence-electron chi connectivity index (χ3n) is 0. The van der Waals surface area contributed by atoms with Crippen LogP contribution in [0.4, 0.5) is 0 Å². The van der Waals surface area contributed by atoms with Crippen molar-refractivity contribution in [2.75, 3.05) is 0 Å². The summed E-state index contributed by atoms with van der Waals surface area (Å²) in [6.07, 6.45) is 0. The fourth-order valence-corrected chi connectivity index (χ4v) is 0. The van der Waals surface area contributed by atoms with E-state index in [0.717, 1.165) is 0 Å². The maximum Gasteiger partial charge on any atom is 0.503 e. The summed E-state index contributed by atoms with van der Waals surface area (Å²) < 4.78 is 24.5. The predicted molar refractivity (Wildman–Crippen MR) is 13.5 cm³/mol. The molecule has 0 unspecified atom stereocenters. The summed E-state index contributed by atoms with van der Waals surface area (Å²) in [6.45, 7) is 6.00. The summed E-state index contributed by atoms with van der Waals surface area (Å²) in [5.41, 5.74) is 0. The normalized spacial score (nSPS) is 6.67. The summed E-state index contributed by atoms with van der Waals surface area (Å²) in [5.74, 6) is 0. The van der Waals surface area contributed by atoms with Gasteiger partial charge in [-0.3, -0.25) is 0 Å². The van der Waals surface area contributed by atoms with Crippen molar-refractivity contribution < 1.29 is 31.4 Å². The van der Waals surface area contributed by atoms with Crippen LogP contribution in [0.3, 0.4) is 0 Å². The zero-order valence-corrected chi connectivity index (χ0v) is 5.21. The fraction of sp³-hybridized carbons (Fsp3) is 0. The molecule has 0 aliphatic heterocycles. The van der Waals surface area contributed by atoms with Crippen LogP contribution in [-0.4, -0.2) is 3.44 Å². The van der Waals surface area contributed by atoms with Gasteiger partial charge in [0.1, 0.15) is 0 Å². The van der Waals surface area contributed by atoms with Gasteiger partial charge in [-0.25, -0.2) is 0 Å². The zero-order chi connectivity index (χ0) is 5.58. The first-order chi connectivity index (χ1) is 2.73. The second-order valence-electron chi connectivity index (χ2n) is 0.201. The lowest BCUT2D eigenvalue weighted by Crippen LogP contribution is -3.98.